The van der Waals surface area contributed by atoms with Crippen molar-refractivity contribution in [3.05, 3.63) is 95.6 Å². The van der Waals surface area contributed by atoms with Crippen molar-refractivity contribution >= 4 is 74.0 Å². The minimum absolute atomic E-state index is 0.0275. The van der Waals surface area contributed by atoms with E-state index in [0.717, 1.165) is 37.0 Å². The summed E-state index contributed by atoms with van der Waals surface area (Å²) in [6.45, 7) is 11.1. The Bertz CT molecular complexity index is 2920. The summed E-state index contributed by atoms with van der Waals surface area (Å²) >= 11 is 0. The normalized spacial score (nSPS) is 12.2. The number of pyridine rings is 1. The summed E-state index contributed by atoms with van der Waals surface area (Å²) in [5.74, 6) is -3.16. The van der Waals surface area contributed by atoms with Gasteiger partial charge < -0.3 is 56.0 Å². The van der Waals surface area contributed by atoms with Gasteiger partial charge in [0, 0.05) is 77.9 Å². The molecule has 3 heterocycles. The molecule has 0 spiro atoms. The molecule has 0 aliphatic heterocycles. The summed E-state index contributed by atoms with van der Waals surface area (Å²) in [7, 11) is 0. The van der Waals surface area contributed by atoms with Gasteiger partial charge in [0.15, 0.2) is 18.2 Å². The van der Waals surface area contributed by atoms with Gasteiger partial charge in [0.25, 0.3) is 0 Å². The summed E-state index contributed by atoms with van der Waals surface area (Å²) in [4.78, 5) is 78.4. The van der Waals surface area contributed by atoms with E-state index in [-0.39, 0.29) is 63.9 Å². The van der Waals surface area contributed by atoms with Crippen molar-refractivity contribution in [3.8, 4) is 0 Å². The van der Waals surface area contributed by atoms with E-state index in [1.54, 1.807) is 49.0 Å². The summed E-state index contributed by atoms with van der Waals surface area (Å²) in [5, 5.41) is 32.8. The van der Waals surface area contributed by atoms with Crippen LogP contribution in [0.2, 0.25) is 0 Å². The number of urea groups is 1. The number of aromatic nitrogens is 5. The van der Waals surface area contributed by atoms with E-state index in [0.29, 0.717) is 63.4 Å². The number of aromatic amines is 1. The highest BCUT2D eigenvalue weighted by atomic mass is 16.6. The third-order valence-corrected chi connectivity index (χ3v) is 13.3. The molecule has 0 bridgehead atoms. The van der Waals surface area contributed by atoms with E-state index >= 15 is 0 Å². The van der Waals surface area contributed by atoms with Gasteiger partial charge >= 0.3 is 18.1 Å². The fourth-order valence-electron chi connectivity index (χ4n) is 9.14. The largest absolute Gasteiger partial charge is 0.481 e. The second kappa shape index (κ2) is 30.3. The van der Waals surface area contributed by atoms with Gasteiger partial charge in [-0.3, -0.25) is 19.2 Å². The number of rotatable bonds is 34. The number of fused-ring (bicyclic) bond motifs is 4. The molecule has 2 unspecified atom stereocenters. The maximum absolute atomic E-state index is 13.7. The number of alkyl carbamates (subject to hydrolysis) is 1. The molecule has 0 aliphatic rings. The Morgan fingerprint density at radius 3 is 2.31 bits per heavy atom. The number of Topliss-reactive ketones (excluding diaryl/α,β-unsaturated/α-hetero) is 1. The number of aryl methyl sites for hydroxylation is 4. The van der Waals surface area contributed by atoms with E-state index < -0.39 is 41.9 Å². The number of amides is 5. The molecule has 6 rings (SSSR count). The molecule has 414 valence electrons. The van der Waals surface area contributed by atoms with Crippen molar-refractivity contribution in [2.75, 3.05) is 58.0 Å². The van der Waals surface area contributed by atoms with E-state index in [1.807, 2.05) is 0 Å². The predicted molar refractivity (Wildman–Crippen MR) is 290 cm³/mol. The van der Waals surface area contributed by atoms with Crippen LogP contribution in [0.25, 0.3) is 32.6 Å². The molecule has 0 aliphatic carbocycles. The highest BCUT2D eigenvalue weighted by Crippen LogP contribution is 2.36. The Labute approximate surface area is 448 Å². The first-order chi connectivity index (χ1) is 37.2. The highest BCUT2D eigenvalue weighted by molar-refractivity contribution is 6.16. The van der Waals surface area contributed by atoms with Gasteiger partial charge in [0.05, 0.1) is 56.8 Å². The van der Waals surface area contributed by atoms with E-state index in [9.17, 15) is 28.8 Å². The van der Waals surface area contributed by atoms with Crippen LogP contribution < -0.4 is 31.6 Å². The number of hydrogen-bond acceptors (Lipinski definition) is 12. The fourth-order valence-corrected chi connectivity index (χ4v) is 9.14. The van der Waals surface area contributed by atoms with Crippen molar-refractivity contribution in [1.82, 2.24) is 35.9 Å². The zero-order valence-electron chi connectivity index (χ0n) is 44.7. The minimum atomic E-state index is -0.885. The molecule has 77 heavy (non-hydrogen) atoms. The molecular formula is C56H75N10O11+. The number of nitrogens with two attached hydrogens (primary N) is 1. The second-order valence-corrected chi connectivity index (χ2v) is 19.5. The molecule has 0 saturated carbocycles. The quantitative estimate of drug-likeness (QED) is 0.0172. The van der Waals surface area contributed by atoms with Gasteiger partial charge in [-0.1, -0.05) is 49.4 Å². The summed E-state index contributed by atoms with van der Waals surface area (Å²) in [5.41, 5.74) is 12.0. The van der Waals surface area contributed by atoms with Gasteiger partial charge in [-0.25, -0.2) is 18.8 Å². The minimum Gasteiger partial charge on any atom is -0.481 e. The summed E-state index contributed by atoms with van der Waals surface area (Å²) in [6.07, 6.45) is 9.88. The number of hydrogen-bond donors (Lipinski definition) is 7. The number of para-hydroxylation sites is 1. The number of carboxylic acid groups (broad SMARTS) is 1. The number of unbranched alkanes of at least 4 members (excludes halogenated alkanes) is 2. The Kier molecular flexibility index (Phi) is 23.1. The average molecular weight is 1060 g/mol. The second-order valence-electron chi connectivity index (χ2n) is 19.5. The van der Waals surface area contributed by atoms with Crippen LogP contribution in [0.4, 0.5) is 15.3 Å². The Hall–Kier alpha value is -7.49. The third-order valence-electron chi connectivity index (χ3n) is 13.3. The van der Waals surface area contributed by atoms with Crippen LogP contribution in [-0.2, 0) is 64.2 Å². The number of benzene rings is 3. The molecule has 0 saturated heterocycles. The van der Waals surface area contributed by atoms with Gasteiger partial charge in [-0.05, 0) is 98.6 Å². The molecule has 3 aromatic heterocycles. The monoisotopic (exact) mass is 1060 g/mol. The van der Waals surface area contributed by atoms with Crippen LogP contribution in [0.5, 0.6) is 0 Å². The zero-order valence-corrected chi connectivity index (χ0v) is 44.7. The number of H-pyrrole nitrogens is 1. The number of primary amides is 1. The number of ketones is 1. The Morgan fingerprint density at radius 2 is 1.56 bits per heavy atom. The van der Waals surface area contributed by atoms with Crippen molar-refractivity contribution in [2.45, 2.75) is 111 Å². The Morgan fingerprint density at radius 1 is 0.818 bits per heavy atom. The molecule has 0 radical (unpaired) electrons. The van der Waals surface area contributed by atoms with Gasteiger partial charge in [0.1, 0.15) is 19.8 Å². The fraction of sp³-hybridized carbons (Fsp3) is 0.482. The Balaban J connectivity index is 0.857. The lowest BCUT2D eigenvalue weighted by Gasteiger charge is -2.24. The van der Waals surface area contributed by atoms with Gasteiger partial charge in [-0.2, -0.15) is 0 Å². The average Bonchev–Trinajstić information content (AvgIpc) is 4.15. The van der Waals surface area contributed by atoms with Crippen molar-refractivity contribution in [1.29, 1.82) is 0 Å². The smallest absolute Gasteiger partial charge is 0.407 e. The SMILES string of the molecule is Cc1c2cc[n+](CCCCCNC(=O)OCc3ccc(NC(=O)C(CCCNC(N)=O)CC(=O)C(NC(=O)COCCOCCOCCn4cc(CCCC(=O)O)nn4)C(C)C)cc3)cc2c(C)c2c1[nH]c1ccccc12. The third kappa shape index (κ3) is 18.6. The number of nitrogens with one attached hydrogen (secondary N) is 5. The van der Waals surface area contributed by atoms with Gasteiger partial charge in [0.2, 0.25) is 11.8 Å². The molecule has 21 nitrogen and oxygen atoms in total. The van der Waals surface area contributed by atoms with Crippen LogP contribution in [0.1, 0.15) is 87.6 Å². The lowest BCUT2D eigenvalue weighted by atomic mass is 9.89. The number of nitrogens with zero attached hydrogens (tertiary/aromatic N) is 4. The van der Waals surface area contributed by atoms with E-state index in [1.165, 1.54) is 38.2 Å². The lowest BCUT2D eigenvalue weighted by molar-refractivity contribution is -0.696. The number of carboxylic acids is 1. The van der Waals surface area contributed by atoms with Crippen molar-refractivity contribution < 1.29 is 57.4 Å². The maximum Gasteiger partial charge on any atom is 0.407 e. The summed E-state index contributed by atoms with van der Waals surface area (Å²) in [6, 6.07) is 15.9. The first-order valence-corrected chi connectivity index (χ1v) is 26.5. The van der Waals surface area contributed by atoms with E-state index in [2.05, 4.69) is 97.7 Å². The maximum atomic E-state index is 13.7. The molecule has 3 aromatic carbocycles. The number of carbonyl (C=O) groups is 6. The van der Waals surface area contributed by atoms with Gasteiger partial charge in [-0.15, -0.1) is 5.10 Å². The summed E-state index contributed by atoms with van der Waals surface area (Å²) < 4.78 is 25.9. The zero-order chi connectivity index (χ0) is 55.1. The first kappa shape index (κ1) is 58.8. The number of anilines is 1. The van der Waals surface area contributed by atoms with Crippen LogP contribution in [0, 0.1) is 25.7 Å². The standard InChI is InChI=1S/C56H74N10O11/c1-37(2)52(62-49(68)36-76-31-30-75-29-28-74-27-26-66-33-43(63-64-66)13-10-16-50(69)70)48(67)32-41(12-11-23-58-55(57)72)54(71)60-42-19-17-40(18-20-42)35-77-56(73)59-22-8-5-9-24-65-25-21-44-39(4)53-51(38(3)46(44)34-65)45-14-6-7-15-47(45)61-53/h6-7,14-15,17-21,25,33-34,37,41,52H,5,8-13,16,22-24,26-32,35-36H2,1-4H3,(H7,57,58,59,60,62,68,69,70,71,72,73)/p+1. The number of ether oxygens (including phenoxy) is 4. The topological polar surface area (TPSA) is 284 Å². The molecule has 5 amide bonds. The molecular weight excluding hydrogens is 989 g/mol. The van der Waals surface area contributed by atoms with Crippen LogP contribution in [0.3, 0.4) is 0 Å². The van der Waals surface area contributed by atoms with Crippen molar-refractivity contribution in [3.63, 3.8) is 0 Å². The molecule has 0 fully saturated rings. The van der Waals surface area contributed by atoms with E-state index in [4.69, 9.17) is 29.8 Å². The van der Waals surface area contributed by atoms with Crippen LogP contribution in [-0.4, -0.2) is 120 Å². The lowest BCUT2D eigenvalue weighted by Crippen LogP contribution is -2.47. The molecule has 21 heteroatoms. The first-order valence-electron chi connectivity index (χ1n) is 26.5. The highest BCUT2D eigenvalue weighted by Gasteiger charge is 2.30. The van der Waals surface area contributed by atoms with Crippen LogP contribution in [0.15, 0.2) is 73.2 Å². The van der Waals surface area contributed by atoms with Crippen molar-refractivity contribution in [2.24, 2.45) is 17.6 Å². The molecule has 6 aromatic rings. The molecule has 8 N–H and O–H groups in total. The van der Waals surface area contributed by atoms with Crippen LogP contribution >= 0.6 is 0 Å². The molecule has 2 atom stereocenters. The number of carbonyl (C=O) groups excluding carboxylic acids is 5. The number of aliphatic carboxylic acids is 1. The predicted octanol–water partition coefficient (Wildman–Crippen LogP) is 6.33.